The van der Waals surface area contributed by atoms with Gasteiger partial charge in [-0.05, 0) is 29.8 Å². The molecule has 16 heavy (non-hydrogen) atoms. The van der Waals surface area contributed by atoms with Crippen molar-refractivity contribution in [2.45, 2.75) is 4.90 Å². The summed E-state index contributed by atoms with van der Waals surface area (Å²) in [6.07, 6.45) is 1.29. The van der Waals surface area contributed by atoms with E-state index in [1.807, 2.05) is 0 Å². The smallest absolute Gasteiger partial charge is 0.335 e. The number of carboxylic acids is 1. The van der Waals surface area contributed by atoms with E-state index in [1.54, 1.807) is 0 Å². The lowest BCUT2D eigenvalue weighted by molar-refractivity contribution is 0.0696. The summed E-state index contributed by atoms with van der Waals surface area (Å²) in [5.41, 5.74) is 0.327. The second-order valence-corrected chi connectivity index (χ2v) is 5.30. The van der Waals surface area contributed by atoms with Crippen LogP contribution in [0.4, 0.5) is 0 Å². The molecule has 0 aliphatic carbocycles. The number of sulfone groups is 1. The minimum Gasteiger partial charge on any atom is -0.478 e. The maximum absolute atomic E-state index is 11.7. The molecule has 0 amide bonds. The van der Waals surface area contributed by atoms with Gasteiger partial charge in [-0.15, -0.1) is 0 Å². The molecule has 0 saturated heterocycles. The van der Waals surface area contributed by atoms with Gasteiger partial charge in [0, 0.05) is 0 Å². The number of carboxylic acid groups (broad SMARTS) is 1. The number of aliphatic hydroxyl groups is 1. The van der Waals surface area contributed by atoms with E-state index in [4.69, 9.17) is 10.2 Å². The molecular formula is C10H8O5S. The Kier molecular flexibility index (Phi) is 2.32. The maximum atomic E-state index is 11.7. The molecule has 0 bridgehead atoms. The van der Waals surface area contributed by atoms with Gasteiger partial charge >= 0.3 is 5.97 Å². The Bertz CT molecular complexity index is 598. The summed E-state index contributed by atoms with van der Waals surface area (Å²) in [6, 6.07) is 3.75. The van der Waals surface area contributed by atoms with Gasteiger partial charge in [0.15, 0.2) is 0 Å². The molecule has 84 valence electrons. The second-order valence-electron chi connectivity index (χ2n) is 3.33. The zero-order valence-corrected chi connectivity index (χ0v) is 8.86. The first-order valence-electron chi connectivity index (χ1n) is 4.40. The SMILES string of the molecule is O=C(O)c1ccc2c(c1)C=C(CO)S2(=O)=O. The van der Waals surface area contributed by atoms with Crippen LogP contribution < -0.4 is 0 Å². The molecule has 0 saturated carbocycles. The molecule has 1 aliphatic heterocycles. The molecule has 1 aromatic rings. The minimum atomic E-state index is -3.62. The van der Waals surface area contributed by atoms with Crippen molar-refractivity contribution in [3.8, 4) is 0 Å². The average Bonchev–Trinajstić information content (AvgIpc) is 2.49. The van der Waals surface area contributed by atoms with Crippen LogP contribution in [0.15, 0.2) is 28.0 Å². The molecule has 1 heterocycles. The van der Waals surface area contributed by atoms with Crippen LogP contribution in [0.5, 0.6) is 0 Å². The Morgan fingerprint density at radius 2 is 2.00 bits per heavy atom. The predicted octanol–water partition coefficient (Wildman–Crippen LogP) is 0.505. The standard InChI is InChI=1S/C10H8O5S/c11-5-8-4-7-3-6(10(12)13)1-2-9(7)16(8,14)15/h1-4,11H,5H2,(H,12,13). The lowest BCUT2D eigenvalue weighted by Crippen LogP contribution is -2.04. The van der Waals surface area contributed by atoms with E-state index in [0.717, 1.165) is 0 Å². The number of fused-ring (bicyclic) bond motifs is 1. The Labute approximate surface area is 91.6 Å². The molecule has 0 unspecified atom stereocenters. The van der Waals surface area contributed by atoms with Crippen LogP contribution in [-0.4, -0.2) is 31.2 Å². The van der Waals surface area contributed by atoms with Crippen molar-refractivity contribution in [2.24, 2.45) is 0 Å². The van der Waals surface area contributed by atoms with Gasteiger partial charge in [-0.2, -0.15) is 0 Å². The van der Waals surface area contributed by atoms with Gasteiger partial charge in [0.05, 0.1) is 22.0 Å². The van der Waals surface area contributed by atoms with Crippen LogP contribution in [0, 0.1) is 0 Å². The summed E-state index contributed by atoms with van der Waals surface area (Å²) in [5, 5.41) is 17.6. The molecule has 1 aromatic carbocycles. The highest BCUT2D eigenvalue weighted by atomic mass is 32.2. The molecular weight excluding hydrogens is 232 g/mol. The van der Waals surface area contributed by atoms with E-state index < -0.39 is 22.4 Å². The van der Waals surface area contributed by atoms with Crippen LogP contribution in [0.2, 0.25) is 0 Å². The molecule has 1 aliphatic rings. The summed E-state index contributed by atoms with van der Waals surface area (Å²) in [4.78, 5) is 10.6. The fourth-order valence-corrected chi connectivity index (χ4v) is 2.97. The van der Waals surface area contributed by atoms with E-state index in [9.17, 15) is 13.2 Å². The number of aromatic carboxylic acids is 1. The molecule has 2 N–H and O–H groups in total. The van der Waals surface area contributed by atoms with Gasteiger partial charge in [-0.3, -0.25) is 0 Å². The number of carbonyl (C=O) groups is 1. The van der Waals surface area contributed by atoms with Crippen molar-refractivity contribution in [1.82, 2.24) is 0 Å². The highest BCUT2D eigenvalue weighted by molar-refractivity contribution is 7.95. The van der Waals surface area contributed by atoms with Crippen molar-refractivity contribution in [1.29, 1.82) is 0 Å². The van der Waals surface area contributed by atoms with E-state index in [-0.39, 0.29) is 15.4 Å². The largest absolute Gasteiger partial charge is 0.478 e. The third-order valence-corrected chi connectivity index (χ3v) is 4.25. The number of rotatable bonds is 2. The highest BCUT2D eigenvalue weighted by Crippen LogP contribution is 2.32. The third kappa shape index (κ3) is 1.43. The van der Waals surface area contributed by atoms with Crippen LogP contribution >= 0.6 is 0 Å². The number of hydrogen-bond acceptors (Lipinski definition) is 4. The zero-order valence-electron chi connectivity index (χ0n) is 8.04. The van der Waals surface area contributed by atoms with E-state index in [0.29, 0.717) is 5.56 Å². The summed E-state index contributed by atoms with van der Waals surface area (Å²) >= 11 is 0. The lowest BCUT2D eigenvalue weighted by Gasteiger charge is -2.01. The second kappa shape index (κ2) is 3.43. The molecule has 6 heteroatoms. The average molecular weight is 240 g/mol. The lowest BCUT2D eigenvalue weighted by atomic mass is 10.1. The van der Waals surface area contributed by atoms with E-state index in [1.165, 1.54) is 24.3 Å². The zero-order chi connectivity index (χ0) is 11.9. The van der Waals surface area contributed by atoms with Crippen molar-refractivity contribution in [2.75, 3.05) is 6.61 Å². The first-order valence-corrected chi connectivity index (χ1v) is 5.89. The highest BCUT2D eigenvalue weighted by Gasteiger charge is 2.29. The molecule has 0 fully saturated rings. The molecule has 0 atom stereocenters. The number of hydrogen-bond donors (Lipinski definition) is 2. The number of benzene rings is 1. The molecule has 0 aromatic heterocycles. The summed E-state index contributed by atoms with van der Waals surface area (Å²) in [6.45, 7) is -0.584. The Morgan fingerprint density at radius 3 is 2.56 bits per heavy atom. The maximum Gasteiger partial charge on any atom is 0.335 e. The monoisotopic (exact) mass is 240 g/mol. The molecule has 5 nitrogen and oxygen atoms in total. The van der Waals surface area contributed by atoms with Crippen molar-refractivity contribution in [3.05, 3.63) is 34.2 Å². The van der Waals surface area contributed by atoms with E-state index in [2.05, 4.69) is 0 Å². The fraction of sp³-hybridized carbons (Fsp3) is 0.100. The first-order chi connectivity index (χ1) is 7.46. The van der Waals surface area contributed by atoms with Gasteiger partial charge < -0.3 is 10.2 Å². The number of aliphatic hydroxyl groups excluding tert-OH is 1. The van der Waals surface area contributed by atoms with Crippen LogP contribution in [0.1, 0.15) is 15.9 Å². The molecule has 0 radical (unpaired) electrons. The van der Waals surface area contributed by atoms with Crippen LogP contribution in [-0.2, 0) is 9.84 Å². The van der Waals surface area contributed by atoms with E-state index >= 15 is 0 Å². The van der Waals surface area contributed by atoms with Gasteiger partial charge in [-0.25, -0.2) is 13.2 Å². The van der Waals surface area contributed by atoms with Crippen LogP contribution in [0.25, 0.3) is 6.08 Å². The van der Waals surface area contributed by atoms with Gasteiger partial charge in [0.25, 0.3) is 0 Å². The summed E-state index contributed by atoms with van der Waals surface area (Å²) in [7, 11) is -3.62. The van der Waals surface area contributed by atoms with Gasteiger partial charge in [-0.1, -0.05) is 0 Å². The summed E-state index contributed by atoms with van der Waals surface area (Å²) in [5.74, 6) is -1.12. The topological polar surface area (TPSA) is 91.7 Å². The predicted molar refractivity (Wildman–Crippen MR) is 55.6 cm³/mol. The Balaban J connectivity index is 2.65. The third-order valence-electron chi connectivity index (χ3n) is 2.36. The molecule has 0 spiro atoms. The van der Waals surface area contributed by atoms with Gasteiger partial charge in [0.2, 0.25) is 9.84 Å². The Morgan fingerprint density at radius 1 is 1.31 bits per heavy atom. The van der Waals surface area contributed by atoms with Crippen molar-refractivity contribution >= 4 is 21.9 Å². The normalized spacial score (nSPS) is 16.7. The van der Waals surface area contributed by atoms with Crippen LogP contribution in [0.3, 0.4) is 0 Å². The summed E-state index contributed by atoms with van der Waals surface area (Å²) < 4.78 is 23.4. The Hall–Kier alpha value is -1.66. The molecule has 2 rings (SSSR count). The van der Waals surface area contributed by atoms with Crippen molar-refractivity contribution in [3.63, 3.8) is 0 Å². The quantitative estimate of drug-likeness (QED) is 0.785. The van der Waals surface area contributed by atoms with Crippen molar-refractivity contribution < 1.29 is 23.4 Å². The minimum absolute atomic E-state index is 0.0180. The first kappa shape index (κ1) is 10.8. The fourth-order valence-electron chi connectivity index (χ4n) is 1.56. The van der Waals surface area contributed by atoms with Gasteiger partial charge in [0.1, 0.15) is 0 Å².